The number of hydrogen-bond acceptors (Lipinski definition) is 3. The Morgan fingerprint density at radius 1 is 1.21 bits per heavy atom. The maximum absolute atomic E-state index is 10.2. The van der Waals surface area contributed by atoms with Crippen LogP contribution in [0.3, 0.4) is 0 Å². The van der Waals surface area contributed by atoms with E-state index in [2.05, 4.69) is 44.4 Å². The molecule has 148 valence electrons. The Labute approximate surface area is 174 Å². The van der Waals surface area contributed by atoms with E-state index in [-0.39, 0.29) is 18.7 Å². The van der Waals surface area contributed by atoms with Crippen molar-refractivity contribution >= 4 is 26.8 Å². The lowest BCUT2D eigenvalue weighted by atomic mass is 9.90. The second-order valence-corrected chi connectivity index (χ2v) is 9.15. The van der Waals surface area contributed by atoms with E-state index in [1.165, 1.54) is 16.6 Å². The molecule has 2 atom stereocenters. The lowest BCUT2D eigenvalue weighted by Gasteiger charge is -2.29. The van der Waals surface area contributed by atoms with Crippen molar-refractivity contribution in [3.8, 4) is 0 Å². The van der Waals surface area contributed by atoms with Crippen molar-refractivity contribution in [2.24, 2.45) is 0 Å². The summed E-state index contributed by atoms with van der Waals surface area (Å²) in [6.07, 6.45) is 3.24. The number of fused-ring (bicyclic) bond motifs is 3. The molecule has 4 rings (SSSR count). The number of aliphatic hydroxyl groups excluding tert-OH is 1. The second kappa shape index (κ2) is 7.64. The number of aryl methyl sites for hydroxylation is 1. The Balaban J connectivity index is 1.61. The maximum atomic E-state index is 10.2. The summed E-state index contributed by atoms with van der Waals surface area (Å²) in [7, 11) is 0. The Morgan fingerprint density at radius 2 is 1.96 bits per heavy atom. The van der Waals surface area contributed by atoms with Crippen LogP contribution >= 0.6 is 15.9 Å². The molecule has 1 aliphatic carbocycles. The molecule has 0 amide bonds. The van der Waals surface area contributed by atoms with Gasteiger partial charge in [-0.1, -0.05) is 40.2 Å². The molecule has 0 aliphatic heterocycles. The third-order valence-electron chi connectivity index (χ3n) is 5.77. The summed E-state index contributed by atoms with van der Waals surface area (Å²) in [6.45, 7) is 3.59. The van der Waals surface area contributed by atoms with Gasteiger partial charge >= 0.3 is 0 Å². The number of benzene rings is 2. The lowest BCUT2D eigenvalue weighted by Crippen LogP contribution is -2.31. The van der Waals surface area contributed by atoms with E-state index in [1.807, 2.05) is 24.3 Å². The Kier molecular flexibility index (Phi) is 5.36. The molecule has 0 saturated heterocycles. The average Bonchev–Trinajstić information content (AvgIpc) is 3.04. The van der Waals surface area contributed by atoms with Gasteiger partial charge in [0.25, 0.3) is 0 Å². The molecule has 4 nitrogen and oxygen atoms in total. The second-order valence-electron chi connectivity index (χ2n) is 8.23. The van der Waals surface area contributed by atoms with Gasteiger partial charge in [-0.05, 0) is 68.0 Å². The molecular weight excluding hydrogens is 416 g/mol. The van der Waals surface area contributed by atoms with Crippen LogP contribution in [0.1, 0.15) is 61.2 Å². The van der Waals surface area contributed by atoms with Crippen LogP contribution in [0.15, 0.2) is 46.9 Å². The topological polar surface area (TPSA) is 68.3 Å². The van der Waals surface area contributed by atoms with Crippen molar-refractivity contribution in [1.82, 2.24) is 10.3 Å². The summed E-state index contributed by atoms with van der Waals surface area (Å²) >= 11 is 3.58. The van der Waals surface area contributed by atoms with E-state index >= 15 is 0 Å². The van der Waals surface area contributed by atoms with Crippen molar-refractivity contribution in [2.45, 2.75) is 50.8 Å². The molecule has 0 spiro atoms. The molecule has 0 saturated carbocycles. The molecular formula is C23H27BrN2O2. The average molecular weight is 443 g/mol. The molecule has 1 unspecified atom stereocenters. The van der Waals surface area contributed by atoms with E-state index in [9.17, 15) is 10.2 Å². The van der Waals surface area contributed by atoms with Crippen LogP contribution in [-0.2, 0) is 12.0 Å². The van der Waals surface area contributed by atoms with E-state index < -0.39 is 5.60 Å². The van der Waals surface area contributed by atoms with Crippen molar-refractivity contribution in [3.05, 3.63) is 69.3 Å². The summed E-state index contributed by atoms with van der Waals surface area (Å²) in [4.78, 5) is 3.61. The minimum atomic E-state index is -0.864. The zero-order chi connectivity index (χ0) is 19.9. The summed E-state index contributed by atoms with van der Waals surface area (Å²) in [5.74, 6) is 0. The number of aromatic nitrogens is 1. The van der Waals surface area contributed by atoms with Crippen molar-refractivity contribution in [3.63, 3.8) is 0 Å². The minimum absolute atomic E-state index is 0.0273. The van der Waals surface area contributed by atoms with Crippen LogP contribution < -0.4 is 5.32 Å². The van der Waals surface area contributed by atoms with E-state index in [4.69, 9.17) is 0 Å². The molecule has 0 fully saturated rings. The van der Waals surface area contributed by atoms with Gasteiger partial charge < -0.3 is 15.2 Å². The van der Waals surface area contributed by atoms with Crippen molar-refractivity contribution in [2.75, 3.05) is 6.61 Å². The summed E-state index contributed by atoms with van der Waals surface area (Å²) in [5, 5.41) is 25.1. The molecule has 5 heteroatoms. The fraction of sp³-hybridized carbons (Fsp3) is 0.391. The molecule has 4 N–H and O–H groups in total. The van der Waals surface area contributed by atoms with Gasteiger partial charge in [0.2, 0.25) is 0 Å². The normalized spacial score (nSPS) is 18.2. The third kappa shape index (κ3) is 3.77. The van der Waals surface area contributed by atoms with Gasteiger partial charge in [-0.3, -0.25) is 5.32 Å². The highest BCUT2D eigenvalue weighted by molar-refractivity contribution is 9.10. The van der Waals surface area contributed by atoms with Crippen LogP contribution in [0.4, 0.5) is 0 Å². The lowest BCUT2D eigenvalue weighted by molar-refractivity contribution is 0.0785. The number of aromatic amines is 1. The first-order valence-electron chi connectivity index (χ1n) is 9.86. The quantitative estimate of drug-likeness (QED) is 0.456. The molecule has 1 aliphatic rings. The predicted octanol–water partition coefficient (Wildman–Crippen LogP) is 4.86. The SMILES string of the molecule is CC(C)(O)c1ccc(C(CO)N[C@@H]2CCCc3c2[nH]c2ccc(Br)cc32)cc1. The Bertz CT molecular complexity index is 973. The highest BCUT2D eigenvalue weighted by atomic mass is 79.9. The van der Waals surface area contributed by atoms with Crippen LogP contribution in [0, 0.1) is 0 Å². The minimum Gasteiger partial charge on any atom is -0.394 e. The van der Waals surface area contributed by atoms with Gasteiger partial charge in [0.05, 0.1) is 18.2 Å². The molecule has 0 bridgehead atoms. The molecule has 3 aromatic rings. The van der Waals surface area contributed by atoms with Crippen molar-refractivity contribution < 1.29 is 10.2 Å². The number of hydrogen-bond donors (Lipinski definition) is 4. The molecule has 2 aromatic carbocycles. The number of halogens is 1. The van der Waals surface area contributed by atoms with Gasteiger partial charge in [0, 0.05) is 27.1 Å². The first-order valence-corrected chi connectivity index (χ1v) is 10.7. The predicted molar refractivity (Wildman–Crippen MR) is 116 cm³/mol. The van der Waals surface area contributed by atoms with Gasteiger partial charge in [-0.25, -0.2) is 0 Å². The van der Waals surface area contributed by atoms with E-state index in [0.29, 0.717) is 0 Å². The summed E-state index contributed by atoms with van der Waals surface area (Å²) in [5.41, 5.74) is 4.82. The highest BCUT2D eigenvalue weighted by Gasteiger charge is 2.27. The van der Waals surface area contributed by atoms with Gasteiger partial charge in [-0.15, -0.1) is 0 Å². The van der Waals surface area contributed by atoms with Gasteiger partial charge in [0.1, 0.15) is 0 Å². The number of aliphatic hydroxyl groups is 2. The Morgan fingerprint density at radius 3 is 2.64 bits per heavy atom. The fourth-order valence-electron chi connectivity index (χ4n) is 4.22. The molecule has 1 aromatic heterocycles. The maximum Gasteiger partial charge on any atom is 0.0840 e. The number of nitrogens with one attached hydrogen (secondary N) is 2. The highest BCUT2D eigenvalue weighted by Crippen LogP contribution is 2.37. The van der Waals surface area contributed by atoms with Crippen LogP contribution in [0.5, 0.6) is 0 Å². The molecule has 0 radical (unpaired) electrons. The van der Waals surface area contributed by atoms with E-state index in [0.717, 1.165) is 40.4 Å². The van der Waals surface area contributed by atoms with Crippen LogP contribution in [0.25, 0.3) is 10.9 Å². The standard InChI is InChI=1S/C23H27BrN2O2/c1-23(2,28)15-8-6-14(7-9-15)21(13-27)25-20-5-3-4-17-18-12-16(24)10-11-19(18)26-22(17)20/h6-12,20-21,25-28H,3-5,13H2,1-2H3/t20-,21?/m1/s1. The summed E-state index contributed by atoms with van der Waals surface area (Å²) in [6, 6.07) is 14.3. The smallest absolute Gasteiger partial charge is 0.0840 e. The van der Waals surface area contributed by atoms with Crippen molar-refractivity contribution in [1.29, 1.82) is 0 Å². The molecule has 28 heavy (non-hydrogen) atoms. The van der Waals surface area contributed by atoms with E-state index in [1.54, 1.807) is 13.8 Å². The third-order valence-corrected chi connectivity index (χ3v) is 6.27. The first-order chi connectivity index (χ1) is 13.4. The monoisotopic (exact) mass is 442 g/mol. The number of H-pyrrole nitrogens is 1. The van der Waals surface area contributed by atoms with Crippen LogP contribution in [0.2, 0.25) is 0 Å². The zero-order valence-electron chi connectivity index (χ0n) is 16.3. The summed E-state index contributed by atoms with van der Waals surface area (Å²) < 4.78 is 1.09. The van der Waals surface area contributed by atoms with Gasteiger partial charge in [-0.2, -0.15) is 0 Å². The fourth-order valence-corrected chi connectivity index (χ4v) is 4.58. The Hall–Kier alpha value is -1.66. The first kappa shape index (κ1) is 19.6. The number of rotatable bonds is 5. The molecule has 1 heterocycles. The van der Waals surface area contributed by atoms with Crippen LogP contribution in [-0.4, -0.2) is 21.8 Å². The van der Waals surface area contributed by atoms with Gasteiger partial charge in [0.15, 0.2) is 0 Å². The zero-order valence-corrected chi connectivity index (χ0v) is 17.9. The largest absolute Gasteiger partial charge is 0.394 e.